The molecule has 0 radical (unpaired) electrons. The van der Waals surface area contributed by atoms with Crippen molar-refractivity contribution in [2.45, 2.75) is 38.3 Å². The van der Waals surface area contributed by atoms with Crippen LogP contribution in [-0.4, -0.2) is 35.1 Å². The molecule has 6 nitrogen and oxygen atoms in total. The van der Waals surface area contributed by atoms with E-state index >= 15 is 0 Å². The number of ether oxygens (including phenoxy) is 1. The summed E-state index contributed by atoms with van der Waals surface area (Å²) in [6, 6.07) is 8.03. The molecule has 2 aliphatic rings. The van der Waals surface area contributed by atoms with E-state index in [0.29, 0.717) is 24.1 Å². The third-order valence-corrected chi connectivity index (χ3v) is 5.20. The van der Waals surface area contributed by atoms with Crippen LogP contribution in [0.25, 0.3) is 0 Å². The number of aromatic nitrogens is 2. The number of nitrogens with one attached hydrogen (secondary N) is 1. The fraction of sp³-hybridized carbons (Fsp3) is 0.421. The van der Waals surface area contributed by atoms with E-state index in [9.17, 15) is 4.79 Å². The molecule has 0 bridgehead atoms. The Balaban J connectivity index is 1.49. The Morgan fingerprint density at radius 3 is 2.96 bits per heavy atom. The normalized spacial score (nSPS) is 21.8. The molecule has 7 heteroatoms. The molecule has 1 aliphatic heterocycles. The van der Waals surface area contributed by atoms with Crippen LogP contribution in [0.15, 0.2) is 30.6 Å². The summed E-state index contributed by atoms with van der Waals surface area (Å²) in [6.45, 7) is 3.61. The molecule has 136 valence electrons. The lowest BCUT2D eigenvalue weighted by atomic mass is 9.78. The second kappa shape index (κ2) is 7.11. The minimum Gasteiger partial charge on any atom is -0.491 e. The lowest BCUT2D eigenvalue weighted by Gasteiger charge is -2.35. The molecule has 1 fully saturated rings. The lowest BCUT2D eigenvalue weighted by molar-refractivity contribution is -0.120. The van der Waals surface area contributed by atoms with E-state index in [-0.39, 0.29) is 11.9 Å². The number of fused-ring (bicyclic) bond motifs is 1. The van der Waals surface area contributed by atoms with Crippen molar-refractivity contribution >= 4 is 23.3 Å². The maximum absolute atomic E-state index is 11.1. The maximum Gasteiger partial charge on any atom is 0.217 e. The van der Waals surface area contributed by atoms with E-state index in [1.165, 1.54) is 0 Å². The zero-order valence-electron chi connectivity index (χ0n) is 14.6. The van der Waals surface area contributed by atoms with Crippen molar-refractivity contribution in [2.75, 3.05) is 18.1 Å². The molecule has 0 saturated heterocycles. The highest BCUT2D eigenvalue weighted by Gasteiger charge is 2.32. The predicted octanol–water partition coefficient (Wildman–Crippen LogP) is 2.91. The zero-order valence-corrected chi connectivity index (χ0v) is 15.4. The molecule has 1 aromatic heterocycles. The highest BCUT2D eigenvalue weighted by molar-refractivity contribution is 6.30. The number of hydrogen-bond acceptors (Lipinski definition) is 5. The van der Waals surface area contributed by atoms with Gasteiger partial charge in [0.1, 0.15) is 24.5 Å². The van der Waals surface area contributed by atoms with Crippen LogP contribution in [0.2, 0.25) is 5.02 Å². The van der Waals surface area contributed by atoms with Gasteiger partial charge in [0.05, 0.1) is 6.54 Å². The molecule has 4 rings (SSSR count). The van der Waals surface area contributed by atoms with Gasteiger partial charge in [-0.1, -0.05) is 11.6 Å². The van der Waals surface area contributed by atoms with Gasteiger partial charge in [0.25, 0.3) is 0 Å². The van der Waals surface area contributed by atoms with E-state index in [0.717, 1.165) is 42.2 Å². The standard InChI is InChI=1S/C19H21ClN4O2/c1-12(25)23-16-7-13(8-16)17-9-19(22-11-21-17)24-4-5-26-18-3-2-15(20)6-14(18)10-24/h2-3,6,9,11,13,16H,4-5,7-8,10H2,1H3,(H,23,25). The molecule has 0 atom stereocenters. The van der Waals surface area contributed by atoms with Gasteiger partial charge in [-0.15, -0.1) is 0 Å². The number of carbonyl (C=O) groups is 1. The van der Waals surface area contributed by atoms with Crippen LogP contribution in [0.4, 0.5) is 5.82 Å². The minimum atomic E-state index is 0.0266. The SMILES string of the molecule is CC(=O)NC1CC(c2cc(N3CCOc4ccc(Cl)cc4C3)ncn2)C1. The summed E-state index contributed by atoms with van der Waals surface area (Å²) in [5.41, 5.74) is 2.10. The topological polar surface area (TPSA) is 67.4 Å². The van der Waals surface area contributed by atoms with E-state index in [1.807, 2.05) is 18.2 Å². The second-order valence-electron chi connectivity index (χ2n) is 6.89. The fourth-order valence-electron chi connectivity index (χ4n) is 3.58. The molecule has 1 amide bonds. The summed E-state index contributed by atoms with van der Waals surface area (Å²) in [4.78, 5) is 22.2. The number of halogens is 1. The van der Waals surface area contributed by atoms with Gasteiger partial charge in [-0.2, -0.15) is 0 Å². The van der Waals surface area contributed by atoms with Gasteiger partial charge in [0.15, 0.2) is 0 Å². The summed E-state index contributed by atoms with van der Waals surface area (Å²) >= 11 is 6.14. The Morgan fingerprint density at radius 1 is 1.31 bits per heavy atom. The quantitative estimate of drug-likeness (QED) is 0.897. The molecule has 1 aromatic carbocycles. The predicted molar refractivity (Wildman–Crippen MR) is 99.6 cm³/mol. The van der Waals surface area contributed by atoms with Crippen LogP contribution in [0.5, 0.6) is 5.75 Å². The van der Waals surface area contributed by atoms with Crippen molar-refractivity contribution in [2.24, 2.45) is 0 Å². The molecule has 26 heavy (non-hydrogen) atoms. The summed E-state index contributed by atoms with van der Waals surface area (Å²) < 4.78 is 5.83. The third kappa shape index (κ3) is 3.60. The molecule has 0 spiro atoms. The van der Waals surface area contributed by atoms with E-state index < -0.39 is 0 Å². The first-order valence-corrected chi connectivity index (χ1v) is 9.21. The average Bonchev–Trinajstić information content (AvgIpc) is 2.79. The molecule has 2 heterocycles. The number of nitrogens with zero attached hydrogens (tertiary/aromatic N) is 3. The van der Waals surface area contributed by atoms with Crippen molar-refractivity contribution in [3.8, 4) is 5.75 Å². The van der Waals surface area contributed by atoms with E-state index in [2.05, 4.69) is 26.3 Å². The number of rotatable bonds is 3. The molecule has 1 aliphatic carbocycles. The van der Waals surface area contributed by atoms with Crippen LogP contribution in [0.3, 0.4) is 0 Å². The van der Waals surface area contributed by atoms with Gasteiger partial charge in [-0.25, -0.2) is 9.97 Å². The largest absolute Gasteiger partial charge is 0.491 e. The summed E-state index contributed by atoms with van der Waals surface area (Å²) in [6.07, 6.45) is 3.48. The van der Waals surface area contributed by atoms with Crippen LogP contribution in [0, 0.1) is 0 Å². The van der Waals surface area contributed by atoms with Gasteiger partial charge in [-0.05, 0) is 31.0 Å². The van der Waals surface area contributed by atoms with Gasteiger partial charge in [0, 0.05) is 47.8 Å². The van der Waals surface area contributed by atoms with Crippen molar-refractivity contribution < 1.29 is 9.53 Å². The molecular weight excluding hydrogens is 352 g/mol. The zero-order chi connectivity index (χ0) is 18.1. The Bertz CT molecular complexity index is 823. The summed E-state index contributed by atoms with van der Waals surface area (Å²) in [7, 11) is 0. The number of hydrogen-bond donors (Lipinski definition) is 1. The number of benzene rings is 1. The molecule has 2 aromatic rings. The summed E-state index contributed by atoms with van der Waals surface area (Å²) in [5, 5.41) is 3.66. The van der Waals surface area contributed by atoms with Crippen molar-refractivity contribution in [1.29, 1.82) is 0 Å². The first kappa shape index (κ1) is 17.1. The van der Waals surface area contributed by atoms with Gasteiger partial charge in [-0.3, -0.25) is 4.79 Å². The van der Waals surface area contributed by atoms with Crippen molar-refractivity contribution in [3.05, 3.63) is 46.9 Å². The molecule has 1 saturated carbocycles. The molecule has 0 unspecified atom stereocenters. The lowest BCUT2D eigenvalue weighted by Crippen LogP contribution is -2.42. The first-order valence-electron chi connectivity index (χ1n) is 8.83. The first-order chi connectivity index (χ1) is 12.6. The van der Waals surface area contributed by atoms with E-state index in [1.54, 1.807) is 13.3 Å². The Morgan fingerprint density at radius 2 is 2.15 bits per heavy atom. The van der Waals surface area contributed by atoms with Gasteiger partial charge < -0.3 is 15.0 Å². The van der Waals surface area contributed by atoms with Crippen LogP contribution < -0.4 is 15.0 Å². The Labute approximate surface area is 157 Å². The minimum absolute atomic E-state index is 0.0266. The monoisotopic (exact) mass is 372 g/mol. The number of anilines is 1. The van der Waals surface area contributed by atoms with Crippen LogP contribution >= 0.6 is 11.6 Å². The van der Waals surface area contributed by atoms with Gasteiger partial charge >= 0.3 is 0 Å². The van der Waals surface area contributed by atoms with Crippen LogP contribution in [-0.2, 0) is 11.3 Å². The highest BCUT2D eigenvalue weighted by Crippen LogP contribution is 2.37. The van der Waals surface area contributed by atoms with Crippen LogP contribution in [0.1, 0.15) is 36.9 Å². The highest BCUT2D eigenvalue weighted by atomic mass is 35.5. The average molecular weight is 373 g/mol. The van der Waals surface area contributed by atoms with Crippen molar-refractivity contribution in [3.63, 3.8) is 0 Å². The molecular formula is C19H21ClN4O2. The van der Waals surface area contributed by atoms with Gasteiger partial charge in [0.2, 0.25) is 5.91 Å². The number of carbonyl (C=O) groups excluding carboxylic acids is 1. The Hall–Kier alpha value is -2.34. The fourth-order valence-corrected chi connectivity index (χ4v) is 3.78. The summed E-state index contributed by atoms with van der Waals surface area (Å²) in [5.74, 6) is 2.18. The smallest absolute Gasteiger partial charge is 0.217 e. The maximum atomic E-state index is 11.1. The Kier molecular flexibility index (Phi) is 4.68. The van der Waals surface area contributed by atoms with Crippen molar-refractivity contribution in [1.82, 2.24) is 15.3 Å². The third-order valence-electron chi connectivity index (χ3n) is 4.96. The number of amides is 1. The van der Waals surface area contributed by atoms with E-state index in [4.69, 9.17) is 16.3 Å². The molecule has 1 N–H and O–H groups in total. The second-order valence-corrected chi connectivity index (χ2v) is 7.33.